The van der Waals surface area contributed by atoms with E-state index < -0.39 is 29.6 Å². The first kappa shape index (κ1) is 17.9. The molecule has 0 aromatic heterocycles. The number of amides is 2. The maximum Gasteiger partial charge on any atom is 0.326 e. The molecule has 24 heavy (non-hydrogen) atoms. The second-order valence-corrected chi connectivity index (χ2v) is 5.58. The van der Waals surface area contributed by atoms with E-state index in [1.54, 1.807) is 6.07 Å². The summed E-state index contributed by atoms with van der Waals surface area (Å²) in [4.78, 5) is 36.4. The number of benzene rings is 1. The molecule has 0 saturated carbocycles. The molecule has 8 heteroatoms. The predicted molar refractivity (Wildman–Crippen MR) is 81.7 cm³/mol. The number of rotatable bonds is 6. The Bertz CT molecular complexity index is 637. The van der Waals surface area contributed by atoms with Crippen LogP contribution in [0.4, 0.5) is 4.39 Å². The molecule has 2 atom stereocenters. The Kier molecular flexibility index (Phi) is 5.86. The molecule has 1 aromatic rings. The van der Waals surface area contributed by atoms with Crippen molar-refractivity contribution in [3.05, 3.63) is 35.6 Å². The first-order chi connectivity index (χ1) is 11.4. The number of carbonyl (C=O) groups excluding carboxylic acids is 2. The zero-order chi connectivity index (χ0) is 17.7. The molecule has 2 unspecified atom stereocenters. The molecule has 130 valence electrons. The van der Waals surface area contributed by atoms with Crippen LogP contribution in [-0.4, -0.2) is 60.1 Å². The molecule has 1 aliphatic heterocycles. The molecule has 1 aromatic carbocycles. The molecule has 1 heterocycles. The van der Waals surface area contributed by atoms with Crippen LogP contribution in [0.25, 0.3) is 0 Å². The largest absolute Gasteiger partial charge is 0.480 e. The van der Waals surface area contributed by atoms with Crippen LogP contribution in [0, 0.1) is 5.82 Å². The average Bonchev–Trinajstić information content (AvgIpc) is 2.97. The molecule has 0 radical (unpaired) electrons. The summed E-state index contributed by atoms with van der Waals surface area (Å²) >= 11 is 0. The van der Waals surface area contributed by atoms with E-state index in [0.29, 0.717) is 5.56 Å². The quantitative estimate of drug-likeness (QED) is 0.772. The molecule has 1 fully saturated rings. The lowest BCUT2D eigenvalue weighted by Crippen LogP contribution is -2.45. The van der Waals surface area contributed by atoms with E-state index in [4.69, 9.17) is 4.74 Å². The zero-order valence-corrected chi connectivity index (χ0v) is 13.2. The summed E-state index contributed by atoms with van der Waals surface area (Å²) < 4.78 is 18.2. The molecule has 0 aliphatic carbocycles. The van der Waals surface area contributed by atoms with Gasteiger partial charge in [0.25, 0.3) is 0 Å². The molecular weight excluding hydrogens is 319 g/mol. The van der Waals surface area contributed by atoms with Gasteiger partial charge in [0, 0.05) is 20.1 Å². The number of ether oxygens (including phenoxy) is 1. The van der Waals surface area contributed by atoms with Crippen LogP contribution in [0.3, 0.4) is 0 Å². The van der Waals surface area contributed by atoms with Gasteiger partial charge in [0.2, 0.25) is 11.8 Å². The number of hydrogen-bond acceptors (Lipinski definition) is 4. The highest BCUT2D eigenvalue weighted by molar-refractivity contribution is 5.89. The second kappa shape index (κ2) is 7.87. The number of carboxylic acids is 1. The van der Waals surface area contributed by atoms with E-state index in [1.807, 2.05) is 0 Å². The zero-order valence-electron chi connectivity index (χ0n) is 13.2. The predicted octanol–water partition coefficient (Wildman–Crippen LogP) is 0.185. The van der Waals surface area contributed by atoms with Gasteiger partial charge in [-0.05, 0) is 17.7 Å². The van der Waals surface area contributed by atoms with Gasteiger partial charge in [-0.15, -0.1) is 0 Å². The van der Waals surface area contributed by atoms with Gasteiger partial charge in [0.05, 0.1) is 19.1 Å². The van der Waals surface area contributed by atoms with Crippen molar-refractivity contribution < 1.29 is 28.6 Å². The Morgan fingerprint density at radius 3 is 2.79 bits per heavy atom. The maximum atomic E-state index is 13.1. The lowest BCUT2D eigenvalue weighted by atomic mass is 10.1. The monoisotopic (exact) mass is 338 g/mol. The molecule has 2 N–H and O–H groups in total. The number of methoxy groups -OCH3 is 1. The third kappa shape index (κ3) is 4.51. The van der Waals surface area contributed by atoms with Crippen molar-refractivity contribution in [2.45, 2.75) is 25.0 Å². The van der Waals surface area contributed by atoms with Crippen molar-refractivity contribution in [3.63, 3.8) is 0 Å². The van der Waals surface area contributed by atoms with E-state index >= 15 is 0 Å². The highest BCUT2D eigenvalue weighted by atomic mass is 19.1. The van der Waals surface area contributed by atoms with Crippen LogP contribution < -0.4 is 5.32 Å². The molecule has 2 amide bonds. The first-order valence-corrected chi connectivity index (χ1v) is 7.47. The van der Waals surface area contributed by atoms with Crippen molar-refractivity contribution in [1.29, 1.82) is 0 Å². The summed E-state index contributed by atoms with van der Waals surface area (Å²) in [5.74, 6) is -2.48. The summed E-state index contributed by atoms with van der Waals surface area (Å²) in [6.45, 7) is -0.138. The number of carbonyl (C=O) groups is 3. The van der Waals surface area contributed by atoms with Gasteiger partial charge in [-0.1, -0.05) is 12.1 Å². The van der Waals surface area contributed by atoms with Crippen LogP contribution in [-0.2, 0) is 25.5 Å². The summed E-state index contributed by atoms with van der Waals surface area (Å²) in [6.07, 6.45) is -0.179. The fraction of sp³-hybridized carbons (Fsp3) is 0.438. The first-order valence-electron chi connectivity index (χ1n) is 7.47. The highest BCUT2D eigenvalue weighted by Gasteiger charge is 2.39. The Balaban J connectivity index is 1.87. The summed E-state index contributed by atoms with van der Waals surface area (Å²) in [5.41, 5.74) is 0.490. The summed E-state index contributed by atoms with van der Waals surface area (Å²) in [7, 11) is 1.46. The maximum absolute atomic E-state index is 13.1. The smallest absolute Gasteiger partial charge is 0.326 e. The Morgan fingerprint density at radius 2 is 2.17 bits per heavy atom. The number of halogens is 1. The van der Waals surface area contributed by atoms with E-state index in [1.165, 1.54) is 30.2 Å². The van der Waals surface area contributed by atoms with Crippen molar-refractivity contribution in [2.75, 3.05) is 20.2 Å². The van der Waals surface area contributed by atoms with Gasteiger partial charge in [0.1, 0.15) is 11.9 Å². The Morgan fingerprint density at radius 1 is 1.42 bits per heavy atom. The molecular formula is C16H19FN2O5. The lowest BCUT2D eigenvalue weighted by Gasteiger charge is -2.21. The lowest BCUT2D eigenvalue weighted by molar-refractivity contribution is -0.148. The molecule has 7 nitrogen and oxygen atoms in total. The van der Waals surface area contributed by atoms with Crippen molar-refractivity contribution in [2.24, 2.45) is 0 Å². The normalized spacial score (nSPS) is 20.0. The van der Waals surface area contributed by atoms with Crippen molar-refractivity contribution in [3.8, 4) is 0 Å². The molecule has 1 saturated heterocycles. The van der Waals surface area contributed by atoms with Gasteiger partial charge in [0.15, 0.2) is 0 Å². The van der Waals surface area contributed by atoms with Crippen molar-refractivity contribution >= 4 is 17.8 Å². The number of hydrogen-bond donors (Lipinski definition) is 2. The third-order valence-electron chi connectivity index (χ3n) is 3.89. The number of aliphatic carboxylic acids is 1. The van der Waals surface area contributed by atoms with E-state index in [-0.39, 0.29) is 32.0 Å². The van der Waals surface area contributed by atoms with Gasteiger partial charge < -0.3 is 20.1 Å². The minimum absolute atomic E-state index is 0.0614. The van der Waals surface area contributed by atoms with Crippen LogP contribution >= 0.6 is 0 Å². The fourth-order valence-electron chi connectivity index (χ4n) is 2.65. The van der Waals surface area contributed by atoms with Crippen LogP contribution in [0.15, 0.2) is 24.3 Å². The molecule has 2 rings (SSSR count). The molecule has 0 bridgehead atoms. The molecule has 1 aliphatic rings. The number of likely N-dealkylation sites (tertiary alicyclic amines) is 1. The Hall–Kier alpha value is -2.48. The van der Waals surface area contributed by atoms with Gasteiger partial charge in [-0.25, -0.2) is 9.18 Å². The second-order valence-electron chi connectivity index (χ2n) is 5.58. The van der Waals surface area contributed by atoms with Crippen LogP contribution in [0.5, 0.6) is 0 Å². The molecule has 0 spiro atoms. The number of carboxylic acid groups (broad SMARTS) is 1. The van der Waals surface area contributed by atoms with Gasteiger partial charge in [-0.2, -0.15) is 0 Å². The highest BCUT2D eigenvalue weighted by Crippen LogP contribution is 2.20. The minimum Gasteiger partial charge on any atom is -0.480 e. The topological polar surface area (TPSA) is 95.9 Å². The average molecular weight is 338 g/mol. The SMILES string of the molecule is COC1CC(C(=O)O)N(C(=O)CNC(=O)Cc2cccc(F)c2)C1. The van der Waals surface area contributed by atoms with Gasteiger partial charge >= 0.3 is 5.97 Å². The standard InChI is InChI=1S/C16H19FN2O5/c1-24-12-7-13(16(22)23)19(9-12)15(21)8-18-14(20)6-10-3-2-4-11(17)5-10/h2-5,12-13H,6-9H2,1H3,(H,18,20)(H,22,23). The fourth-order valence-corrected chi connectivity index (χ4v) is 2.65. The third-order valence-corrected chi connectivity index (χ3v) is 3.89. The van der Waals surface area contributed by atoms with Gasteiger partial charge in [-0.3, -0.25) is 9.59 Å². The number of nitrogens with zero attached hydrogens (tertiary/aromatic N) is 1. The van der Waals surface area contributed by atoms with Crippen LogP contribution in [0.2, 0.25) is 0 Å². The van der Waals surface area contributed by atoms with Crippen molar-refractivity contribution in [1.82, 2.24) is 10.2 Å². The summed E-state index contributed by atoms with van der Waals surface area (Å²) in [5, 5.41) is 11.6. The van der Waals surface area contributed by atoms with E-state index in [2.05, 4.69) is 5.32 Å². The minimum atomic E-state index is -1.10. The summed E-state index contributed by atoms with van der Waals surface area (Å²) in [6, 6.07) is 4.66. The Labute approximate surface area is 138 Å². The van der Waals surface area contributed by atoms with E-state index in [9.17, 15) is 23.9 Å². The number of nitrogens with one attached hydrogen (secondary N) is 1. The van der Waals surface area contributed by atoms with E-state index in [0.717, 1.165) is 0 Å². The van der Waals surface area contributed by atoms with Crippen LogP contribution in [0.1, 0.15) is 12.0 Å².